The Hall–Kier alpha value is -3.00. The maximum Gasteiger partial charge on any atom is -1.00 e. The van der Waals surface area contributed by atoms with Crippen LogP contribution in [0.2, 0.25) is 6.55 Å². The summed E-state index contributed by atoms with van der Waals surface area (Å²) in [6.45, 7) is 6.79. The van der Waals surface area contributed by atoms with Gasteiger partial charge in [0.25, 0.3) is 0 Å². The van der Waals surface area contributed by atoms with E-state index in [4.69, 9.17) is 0 Å². The number of fused-ring (bicyclic) bond motifs is 2. The van der Waals surface area contributed by atoms with Gasteiger partial charge in [-0.3, -0.25) is 0 Å². The molecule has 0 saturated heterocycles. The molecule has 0 aliphatic carbocycles. The zero-order chi connectivity index (χ0) is 31.4. The van der Waals surface area contributed by atoms with Crippen LogP contribution in [0.25, 0.3) is 21.5 Å². The topological polar surface area (TPSA) is 0 Å². The minimum atomic E-state index is -0.122. The van der Waals surface area contributed by atoms with Gasteiger partial charge in [0, 0.05) is 0 Å². The van der Waals surface area contributed by atoms with Crippen LogP contribution in [0.3, 0.4) is 0 Å². The van der Waals surface area contributed by atoms with E-state index < -0.39 is 0 Å². The molecule has 238 valence electrons. The van der Waals surface area contributed by atoms with Crippen molar-refractivity contribution in [2.75, 3.05) is 0 Å². The molecule has 47 heavy (non-hydrogen) atoms. The van der Waals surface area contributed by atoms with Crippen LogP contribution in [0.5, 0.6) is 0 Å². The Balaban J connectivity index is 0.000000198. The van der Waals surface area contributed by atoms with Gasteiger partial charge in [0.05, 0.1) is 0 Å². The van der Waals surface area contributed by atoms with Crippen LogP contribution < -0.4 is 30.0 Å². The number of rotatable bonds is 7. The molecule has 0 aliphatic heterocycles. The SMILES string of the molecule is CCc1ccccc1Cc1cc2ccccc2[cH-]1.CCc1ccccc1Cc1cc2ccccc2[cH-]1.C[Si](=[Zr+2])c1ccccc1.[Cl-].[Cl-]. The van der Waals surface area contributed by atoms with Gasteiger partial charge < -0.3 is 24.8 Å². The van der Waals surface area contributed by atoms with Crippen molar-refractivity contribution in [2.24, 2.45) is 0 Å². The molecule has 0 amide bonds. The van der Waals surface area contributed by atoms with Gasteiger partial charge in [-0.25, -0.2) is 0 Å². The summed E-state index contributed by atoms with van der Waals surface area (Å²) in [4.78, 5) is 0. The summed E-state index contributed by atoms with van der Waals surface area (Å²) in [7, 11) is 0. The monoisotopic (exact) mass is 746 g/mol. The van der Waals surface area contributed by atoms with E-state index in [0.717, 1.165) is 25.7 Å². The number of benzene rings is 5. The van der Waals surface area contributed by atoms with Crippen LogP contribution in [0.15, 0.2) is 152 Å². The summed E-state index contributed by atoms with van der Waals surface area (Å²) in [5.41, 5.74) is 8.54. The van der Waals surface area contributed by atoms with Gasteiger partial charge in [0.15, 0.2) is 0 Å². The molecular formula is C43H42Cl2SiZr-2. The first-order chi connectivity index (χ1) is 22.0. The maximum absolute atomic E-state index is 2.35. The molecule has 0 unspecified atom stereocenters. The summed E-state index contributed by atoms with van der Waals surface area (Å²) < 4.78 is 0. The number of hydrogen-bond donors (Lipinski definition) is 0. The summed E-state index contributed by atoms with van der Waals surface area (Å²) in [5.74, 6) is 0. The standard InChI is InChI=1S/2C18H17.C7H8Si.2ClH.Zr/c2*1-2-15-7-3-4-8-16(15)11-14-12-17-9-5-6-10-18(17)13-14;1-8-7-5-3-2-4-6-7;;;/h2*3-10,12-13H,2,11H2,1H3;2-6H,1H3;2*1H;/q2*-1;;;;+2/p-2. The number of aryl methyl sites for hydroxylation is 2. The second-order valence-electron chi connectivity index (χ2n) is 11.6. The Morgan fingerprint density at radius 1 is 0.489 bits per heavy atom. The Labute approximate surface area is 309 Å². The van der Waals surface area contributed by atoms with Crippen molar-refractivity contribution in [3.63, 3.8) is 0 Å². The van der Waals surface area contributed by atoms with Crippen molar-refractivity contribution >= 4 is 32.2 Å². The average molecular weight is 749 g/mol. The van der Waals surface area contributed by atoms with E-state index in [1.165, 1.54) is 54.9 Å². The van der Waals surface area contributed by atoms with E-state index in [1.807, 2.05) is 0 Å². The van der Waals surface area contributed by atoms with Crippen LogP contribution in [0.4, 0.5) is 0 Å². The molecule has 7 rings (SSSR count). The van der Waals surface area contributed by atoms with Crippen LogP contribution in [-0.4, -0.2) is 5.43 Å². The summed E-state index contributed by atoms with van der Waals surface area (Å²) in [6.07, 6.45) is 4.30. The molecule has 0 N–H and O–H groups in total. The molecule has 0 saturated carbocycles. The zero-order valence-corrected chi connectivity index (χ0v) is 32.5. The third-order valence-electron chi connectivity index (χ3n) is 8.35. The second-order valence-corrected chi connectivity index (χ2v) is 18.9. The second kappa shape index (κ2) is 19.7. The fourth-order valence-corrected chi connectivity index (χ4v) is 7.83. The van der Waals surface area contributed by atoms with Crippen LogP contribution in [0, 0.1) is 0 Å². The van der Waals surface area contributed by atoms with Crippen molar-refractivity contribution < 1.29 is 48.1 Å². The van der Waals surface area contributed by atoms with Crippen LogP contribution >= 0.6 is 0 Å². The summed E-state index contributed by atoms with van der Waals surface area (Å²) in [6, 6.07) is 54.6. The van der Waals surface area contributed by atoms with E-state index in [9.17, 15) is 0 Å². The minimum Gasteiger partial charge on any atom is -1.00 e. The molecular weight excluding hydrogens is 707 g/mol. The minimum absolute atomic E-state index is 0. The Bertz CT molecular complexity index is 1780. The number of hydrogen-bond acceptors (Lipinski definition) is 0. The van der Waals surface area contributed by atoms with Crippen molar-refractivity contribution in [2.45, 2.75) is 46.1 Å². The molecule has 0 spiro atoms. The van der Waals surface area contributed by atoms with Gasteiger partial charge in [-0.1, -0.05) is 74.5 Å². The van der Waals surface area contributed by atoms with Crippen molar-refractivity contribution in [1.29, 1.82) is 0 Å². The van der Waals surface area contributed by atoms with Crippen molar-refractivity contribution in [1.82, 2.24) is 0 Å². The predicted molar refractivity (Wildman–Crippen MR) is 194 cm³/mol. The zero-order valence-electron chi connectivity index (χ0n) is 27.5. The summed E-state index contributed by atoms with van der Waals surface area (Å²) in [5, 5.41) is 6.95. The molecule has 7 aromatic rings. The molecule has 0 aromatic heterocycles. The fraction of sp³-hybridized carbons (Fsp3) is 0.163. The van der Waals surface area contributed by atoms with Gasteiger partial charge in [0.1, 0.15) is 0 Å². The molecule has 7 aromatic carbocycles. The Morgan fingerprint density at radius 3 is 1.21 bits per heavy atom. The molecule has 0 atom stereocenters. The Kier molecular flexibility index (Phi) is 16.1. The molecule has 4 heteroatoms. The first kappa shape index (κ1) is 38.4. The third-order valence-corrected chi connectivity index (χ3v) is 11.7. The number of halogens is 2. The van der Waals surface area contributed by atoms with Crippen molar-refractivity contribution in [3.8, 4) is 0 Å². The van der Waals surface area contributed by atoms with Crippen molar-refractivity contribution in [3.05, 3.63) is 185 Å². The van der Waals surface area contributed by atoms with E-state index in [-0.39, 0.29) is 30.2 Å². The Morgan fingerprint density at radius 2 is 0.851 bits per heavy atom. The fourth-order valence-electron chi connectivity index (χ4n) is 5.91. The van der Waals surface area contributed by atoms with E-state index in [0.29, 0.717) is 0 Å². The predicted octanol–water partition coefficient (Wildman–Crippen LogP) is 4.49. The molecule has 0 aliphatic rings. The normalized spacial score (nSPS) is 10.1. The van der Waals surface area contributed by atoms with E-state index >= 15 is 0 Å². The van der Waals surface area contributed by atoms with Gasteiger partial charge in [-0.2, -0.15) is 12.1 Å². The maximum atomic E-state index is 2.35. The molecule has 0 bridgehead atoms. The first-order valence-corrected chi connectivity index (χ1v) is 21.8. The smallest absolute Gasteiger partial charge is 1.00 e. The molecule has 0 fully saturated rings. The molecule has 0 nitrogen and oxygen atoms in total. The van der Waals surface area contributed by atoms with Crippen LogP contribution in [-0.2, 0) is 49.0 Å². The average Bonchev–Trinajstić information content (AvgIpc) is 3.69. The molecule has 0 heterocycles. The quantitative estimate of drug-likeness (QED) is 0.167. The largest absolute Gasteiger partial charge is 1.00 e. The molecule has 0 radical (unpaired) electrons. The van der Waals surface area contributed by atoms with Crippen LogP contribution in [0.1, 0.15) is 47.2 Å². The van der Waals surface area contributed by atoms with Gasteiger partial charge in [-0.05, 0) is 47.9 Å². The third kappa shape index (κ3) is 11.0. The van der Waals surface area contributed by atoms with Gasteiger partial charge in [0.2, 0.25) is 0 Å². The van der Waals surface area contributed by atoms with Gasteiger partial charge in [-0.15, -0.1) is 81.2 Å². The van der Waals surface area contributed by atoms with Gasteiger partial charge >= 0.3 is 70.8 Å². The first-order valence-electron chi connectivity index (χ1n) is 16.1. The summed E-state index contributed by atoms with van der Waals surface area (Å²) >= 11 is 1.69. The van der Waals surface area contributed by atoms with E-state index in [2.05, 4.69) is 172 Å². The van der Waals surface area contributed by atoms with E-state index in [1.54, 1.807) is 28.5 Å².